The molecule has 1 fully saturated rings. The van der Waals surface area contributed by atoms with E-state index >= 15 is 0 Å². The number of para-hydroxylation sites is 2. The van der Waals surface area contributed by atoms with Crippen LogP contribution in [0.1, 0.15) is 21.5 Å². The number of carbonyl (C=O) groups excluding carboxylic acids is 1. The zero-order valence-electron chi connectivity index (χ0n) is 19.7. The van der Waals surface area contributed by atoms with E-state index in [0.29, 0.717) is 36.1 Å². The average molecular weight is 457 g/mol. The summed E-state index contributed by atoms with van der Waals surface area (Å²) in [5.41, 5.74) is 3.98. The molecule has 0 radical (unpaired) electrons. The number of carbonyl (C=O) groups is 1. The van der Waals surface area contributed by atoms with E-state index in [0.717, 1.165) is 41.0 Å². The number of amides is 1. The Morgan fingerprint density at radius 1 is 0.941 bits per heavy atom. The minimum Gasteiger partial charge on any atom is -0.481 e. The first-order valence-corrected chi connectivity index (χ1v) is 11.5. The van der Waals surface area contributed by atoms with Gasteiger partial charge in [-0.2, -0.15) is 4.98 Å². The molecular formula is C27H28N4O3. The Morgan fingerprint density at radius 2 is 1.65 bits per heavy atom. The van der Waals surface area contributed by atoms with Crippen LogP contribution >= 0.6 is 0 Å². The topological polar surface area (TPSA) is 68.6 Å². The third-order valence-corrected chi connectivity index (χ3v) is 6.20. The summed E-state index contributed by atoms with van der Waals surface area (Å²) in [6.45, 7) is 6.84. The zero-order chi connectivity index (χ0) is 23.7. The van der Waals surface area contributed by atoms with Gasteiger partial charge in [-0.1, -0.05) is 36.4 Å². The van der Waals surface area contributed by atoms with E-state index in [1.54, 1.807) is 13.2 Å². The van der Waals surface area contributed by atoms with E-state index in [1.165, 1.54) is 0 Å². The Hall–Kier alpha value is -3.84. The average Bonchev–Trinajstić information content (AvgIpc) is 3.19. The van der Waals surface area contributed by atoms with Gasteiger partial charge in [0.05, 0.1) is 12.8 Å². The largest absolute Gasteiger partial charge is 0.481 e. The van der Waals surface area contributed by atoms with E-state index in [9.17, 15) is 4.79 Å². The monoisotopic (exact) mass is 456 g/mol. The summed E-state index contributed by atoms with van der Waals surface area (Å²) < 4.78 is 14.0. The van der Waals surface area contributed by atoms with Crippen LogP contribution in [-0.2, 0) is 0 Å². The van der Waals surface area contributed by atoms with Gasteiger partial charge in [0.15, 0.2) is 5.65 Å². The molecule has 174 valence electrons. The second kappa shape index (κ2) is 9.19. The predicted octanol–water partition coefficient (Wildman–Crippen LogP) is 4.49. The lowest BCUT2D eigenvalue weighted by Crippen LogP contribution is -2.46. The number of hydrogen-bond acceptors (Lipinski definition) is 5. The summed E-state index contributed by atoms with van der Waals surface area (Å²) in [6.07, 6.45) is 0. The smallest absolute Gasteiger partial charge is 0.260 e. The fourth-order valence-corrected chi connectivity index (χ4v) is 4.44. The molecule has 1 aliphatic rings. The lowest BCUT2D eigenvalue weighted by atomic mass is 10.1. The van der Waals surface area contributed by atoms with Crippen molar-refractivity contribution in [1.29, 1.82) is 0 Å². The number of aromatic nitrogens is 2. The summed E-state index contributed by atoms with van der Waals surface area (Å²) >= 11 is 0. The lowest BCUT2D eigenvalue weighted by Gasteiger charge is -2.27. The molecule has 1 saturated heterocycles. The van der Waals surface area contributed by atoms with Crippen molar-refractivity contribution < 1.29 is 14.3 Å². The van der Waals surface area contributed by atoms with Gasteiger partial charge in [-0.3, -0.25) is 9.36 Å². The number of rotatable bonds is 5. The zero-order valence-corrected chi connectivity index (χ0v) is 19.7. The van der Waals surface area contributed by atoms with Crippen molar-refractivity contribution in [3.63, 3.8) is 0 Å². The van der Waals surface area contributed by atoms with Crippen molar-refractivity contribution in [3.05, 3.63) is 77.4 Å². The molecule has 0 bridgehead atoms. The highest BCUT2D eigenvalue weighted by Gasteiger charge is 2.31. The van der Waals surface area contributed by atoms with Crippen LogP contribution in [0.3, 0.4) is 0 Å². The second-order valence-corrected chi connectivity index (χ2v) is 8.44. The standard InChI is InChI=1S/C27H28N4O3/c1-18-8-7-9-19(2)24(18)34-27-23(26(32)30-16-14-28-15-17-30)21-12-13-22(33-3)29-25(21)31(27)20-10-5-4-6-11-20/h4-13,28H,14-17H2,1-3H3. The Balaban J connectivity index is 1.81. The SMILES string of the molecule is COc1ccc2c(C(=O)N3CCNCC3)c(Oc3c(C)cccc3C)n(-c3ccccc3)c2n1. The molecule has 2 aromatic carbocycles. The molecular weight excluding hydrogens is 428 g/mol. The molecule has 0 saturated carbocycles. The van der Waals surface area contributed by atoms with Crippen LogP contribution in [0.4, 0.5) is 0 Å². The number of benzene rings is 2. The maximum atomic E-state index is 13.9. The second-order valence-electron chi connectivity index (χ2n) is 8.44. The van der Waals surface area contributed by atoms with Gasteiger partial charge in [0.25, 0.3) is 5.91 Å². The van der Waals surface area contributed by atoms with E-state index in [-0.39, 0.29) is 5.91 Å². The Morgan fingerprint density at radius 3 is 2.32 bits per heavy atom. The van der Waals surface area contributed by atoms with E-state index in [1.807, 2.05) is 77.9 Å². The van der Waals surface area contributed by atoms with Gasteiger partial charge in [-0.25, -0.2) is 0 Å². The molecule has 0 aliphatic carbocycles. The number of aryl methyl sites for hydroxylation is 2. The molecule has 1 N–H and O–H groups in total. The van der Waals surface area contributed by atoms with Crippen molar-refractivity contribution >= 4 is 16.9 Å². The molecule has 3 heterocycles. The molecule has 4 aromatic rings. The fraction of sp³-hybridized carbons (Fsp3) is 0.259. The van der Waals surface area contributed by atoms with Crippen LogP contribution in [0, 0.1) is 13.8 Å². The first-order valence-electron chi connectivity index (χ1n) is 11.5. The Labute approximate surface area is 198 Å². The van der Waals surface area contributed by atoms with Gasteiger partial charge in [-0.15, -0.1) is 0 Å². The summed E-state index contributed by atoms with van der Waals surface area (Å²) in [7, 11) is 1.59. The maximum Gasteiger partial charge on any atom is 0.260 e. The van der Waals surface area contributed by atoms with Gasteiger partial charge in [0.2, 0.25) is 11.8 Å². The van der Waals surface area contributed by atoms with Gasteiger partial charge in [0.1, 0.15) is 11.3 Å². The van der Waals surface area contributed by atoms with Gasteiger partial charge >= 0.3 is 0 Å². The summed E-state index contributed by atoms with van der Waals surface area (Å²) in [5, 5.41) is 4.05. The molecule has 0 spiro atoms. The van der Waals surface area contributed by atoms with Gasteiger partial charge in [-0.05, 0) is 43.2 Å². The summed E-state index contributed by atoms with van der Waals surface area (Å²) in [4.78, 5) is 20.6. The van der Waals surface area contributed by atoms with E-state index in [4.69, 9.17) is 14.5 Å². The van der Waals surface area contributed by atoms with Crippen LogP contribution < -0.4 is 14.8 Å². The number of nitrogens with one attached hydrogen (secondary N) is 1. The Kier molecular flexibility index (Phi) is 5.94. The first kappa shape index (κ1) is 22.0. The molecule has 5 rings (SSSR count). The van der Waals surface area contributed by atoms with Crippen molar-refractivity contribution in [2.24, 2.45) is 0 Å². The van der Waals surface area contributed by atoms with Crippen LogP contribution in [0.25, 0.3) is 16.7 Å². The van der Waals surface area contributed by atoms with Crippen molar-refractivity contribution in [2.75, 3.05) is 33.3 Å². The highest BCUT2D eigenvalue weighted by molar-refractivity contribution is 6.09. The van der Waals surface area contributed by atoms with Crippen LogP contribution in [-0.4, -0.2) is 53.6 Å². The molecule has 7 nitrogen and oxygen atoms in total. The quantitative estimate of drug-likeness (QED) is 0.479. The number of methoxy groups -OCH3 is 1. The van der Waals surface area contributed by atoms with Gasteiger partial charge < -0.3 is 19.7 Å². The summed E-state index contributed by atoms with van der Waals surface area (Å²) in [6, 6.07) is 19.6. The molecule has 34 heavy (non-hydrogen) atoms. The van der Waals surface area contributed by atoms with Crippen LogP contribution in [0.5, 0.6) is 17.5 Å². The molecule has 2 aromatic heterocycles. The predicted molar refractivity (Wildman–Crippen MR) is 132 cm³/mol. The first-order chi connectivity index (χ1) is 16.6. The number of piperazine rings is 1. The number of pyridine rings is 1. The minimum atomic E-state index is -0.0608. The third-order valence-electron chi connectivity index (χ3n) is 6.20. The molecule has 7 heteroatoms. The molecule has 1 aliphatic heterocycles. The number of nitrogens with zero attached hydrogens (tertiary/aromatic N) is 3. The fourth-order valence-electron chi connectivity index (χ4n) is 4.44. The molecule has 0 unspecified atom stereocenters. The third kappa shape index (κ3) is 3.88. The van der Waals surface area contributed by atoms with Crippen molar-refractivity contribution in [1.82, 2.24) is 19.8 Å². The van der Waals surface area contributed by atoms with Crippen molar-refractivity contribution in [2.45, 2.75) is 13.8 Å². The van der Waals surface area contributed by atoms with E-state index < -0.39 is 0 Å². The highest BCUT2D eigenvalue weighted by atomic mass is 16.5. The maximum absolute atomic E-state index is 13.9. The van der Waals surface area contributed by atoms with Crippen molar-refractivity contribution in [3.8, 4) is 23.2 Å². The van der Waals surface area contributed by atoms with Gasteiger partial charge in [0, 0.05) is 37.6 Å². The highest BCUT2D eigenvalue weighted by Crippen LogP contribution is 2.40. The lowest BCUT2D eigenvalue weighted by molar-refractivity contribution is 0.0735. The van der Waals surface area contributed by atoms with Crippen LogP contribution in [0.2, 0.25) is 0 Å². The summed E-state index contributed by atoms with van der Waals surface area (Å²) in [5.74, 6) is 1.61. The number of fused-ring (bicyclic) bond motifs is 1. The van der Waals surface area contributed by atoms with E-state index in [2.05, 4.69) is 5.32 Å². The normalized spacial score (nSPS) is 13.8. The van der Waals surface area contributed by atoms with Crippen LogP contribution in [0.15, 0.2) is 60.7 Å². The molecule has 0 atom stereocenters. The number of ether oxygens (including phenoxy) is 2. The molecule has 1 amide bonds. The Bertz CT molecular complexity index is 1320. The number of hydrogen-bond donors (Lipinski definition) is 1. The minimum absolute atomic E-state index is 0.0608.